The van der Waals surface area contributed by atoms with E-state index < -0.39 is 0 Å². The van der Waals surface area contributed by atoms with Crippen molar-refractivity contribution in [1.82, 2.24) is 10.6 Å². The number of nitrogens with zero attached hydrogens (tertiary/aromatic N) is 1. The lowest BCUT2D eigenvalue weighted by atomic mass is 10.1. The van der Waals surface area contributed by atoms with Gasteiger partial charge in [0.1, 0.15) is 0 Å². The number of likely N-dealkylation sites (N-methyl/N-ethyl adjacent to an activating group) is 1. The molecule has 0 bridgehead atoms. The van der Waals surface area contributed by atoms with Gasteiger partial charge >= 0.3 is 0 Å². The molecule has 0 aliphatic heterocycles. The summed E-state index contributed by atoms with van der Waals surface area (Å²) in [4.78, 5) is 13.9. The highest BCUT2D eigenvalue weighted by molar-refractivity contribution is 6.30. The van der Waals surface area contributed by atoms with Gasteiger partial charge in [-0.2, -0.15) is 0 Å². The summed E-state index contributed by atoms with van der Waals surface area (Å²) in [5.74, 6) is 0.0936. The summed E-state index contributed by atoms with van der Waals surface area (Å²) in [5, 5.41) is 7.27. The number of benzene rings is 1. The van der Waals surface area contributed by atoms with Crippen molar-refractivity contribution in [2.24, 2.45) is 0 Å². The Labute approximate surface area is 130 Å². The van der Waals surface area contributed by atoms with Gasteiger partial charge in [-0.3, -0.25) is 4.79 Å². The lowest BCUT2D eigenvalue weighted by Crippen LogP contribution is -2.36. The van der Waals surface area contributed by atoms with Crippen LogP contribution in [-0.2, 0) is 11.3 Å². The monoisotopic (exact) mass is 307 g/mol. The summed E-state index contributed by atoms with van der Waals surface area (Å²) < 4.78 is 0. The third kappa shape index (κ3) is 4.35. The van der Waals surface area contributed by atoms with E-state index in [1.165, 1.54) is 12.8 Å². The molecule has 0 saturated heterocycles. The summed E-state index contributed by atoms with van der Waals surface area (Å²) in [6.07, 6.45) is 4.75. The molecular weight excluding hydrogens is 286 g/mol. The average Bonchev–Trinajstić information content (AvgIpc) is 3.31. The third-order valence-electron chi connectivity index (χ3n) is 3.93. The molecule has 2 N–H and O–H groups in total. The van der Waals surface area contributed by atoms with Crippen LogP contribution in [0.2, 0.25) is 5.02 Å². The minimum absolute atomic E-state index is 0.0936. The van der Waals surface area contributed by atoms with E-state index in [1.54, 1.807) is 0 Å². The number of carbonyl (C=O) groups excluding carboxylic acids is 1. The molecule has 0 heterocycles. The largest absolute Gasteiger partial charge is 0.365 e. The molecule has 0 aromatic heterocycles. The molecule has 1 aromatic rings. The Bertz CT molecular complexity index is 526. The Morgan fingerprint density at radius 1 is 1.29 bits per heavy atom. The van der Waals surface area contributed by atoms with Crippen LogP contribution in [0, 0.1) is 0 Å². The van der Waals surface area contributed by atoms with Gasteiger partial charge in [-0.05, 0) is 49.4 Å². The summed E-state index contributed by atoms with van der Waals surface area (Å²) in [6, 6.07) is 6.93. The molecule has 0 spiro atoms. The zero-order valence-corrected chi connectivity index (χ0v) is 13.1. The number of hydrogen-bond acceptors (Lipinski definition) is 3. The maximum atomic E-state index is 11.9. The van der Waals surface area contributed by atoms with Gasteiger partial charge < -0.3 is 15.5 Å². The molecule has 21 heavy (non-hydrogen) atoms. The van der Waals surface area contributed by atoms with Gasteiger partial charge in [-0.15, -0.1) is 0 Å². The molecule has 4 nitrogen and oxygen atoms in total. The van der Waals surface area contributed by atoms with E-state index in [-0.39, 0.29) is 5.91 Å². The standard InChI is InChI=1S/C16H22ClN3O/c1-20(10-16(21)19-14-5-6-14)15-7-2-12(17)8-11(15)9-18-13-3-4-13/h2,7-8,13-14,18H,3-6,9-10H2,1H3,(H,19,21). The van der Waals surface area contributed by atoms with Crippen LogP contribution in [0.4, 0.5) is 5.69 Å². The van der Waals surface area contributed by atoms with Gasteiger partial charge in [0.2, 0.25) is 5.91 Å². The van der Waals surface area contributed by atoms with Gasteiger partial charge in [0, 0.05) is 36.4 Å². The topological polar surface area (TPSA) is 44.4 Å². The van der Waals surface area contributed by atoms with Crippen LogP contribution in [0.15, 0.2) is 18.2 Å². The van der Waals surface area contributed by atoms with Crippen LogP contribution < -0.4 is 15.5 Å². The Morgan fingerprint density at radius 3 is 2.67 bits per heavy atom. The van der Waals surface area contributed by atoms with Crippen molar-refractivity contribution >= 4 is 23.2 Å². The van der Waals surface area contributed by atoms with Crippen LogP contribution in [0.3, 0.4) is 0 Å². The number of nitrogens with one attached hydrogen (secondary N) is 2. The minimum atomic E-state index is 0.0936. The number of carbonyl (C=O) groups is 1. The maximum absolute atomic E-state index is 11.9. The van der Waals surface area contributed by atoms with Crippen LogP contribution in [0.1, 0.15) is 31.2 Å². The first-order valence-corrected chi connectivity index (χ1v) is 8.02. The highest BCUT2D eigenvalue weighted by atomic mass is 35.5. The first-order chi connectivity index (χ1) is 10.1. The van der Waals surface area contributed by atoms with Crippen LogP contribution in [0.5, 0.6) is 0 Å². The molecular formula is C16H22ClN3O. The average molecular weight is 308 g/mol. The predicted octanol–water partition coefficient (Wildman–Crippen LogP) is 2.31. The molecule has 5 heteroatoms. The van der Waals surface area contributed by atoms with Crippen LogP contribution >= 0.6 is 11.6 Å². The zero-order chi connectivity index (χ0) is 14.8. The van der Waals surface area contributed by atoms with Crippen molar-refractivity contribution in [3.05, 3.63) is 28.8 Å². The zero-order valence-electron chi connectivity index (χ0n) is 12.4. The Hall–Kier alpha value is -1.26. The van der Waals surface area contributed by atoms with Crippen molar-refractivity contribution in [3.63, 3.8) is 0 Å². The second kappa shape index (κ2) is 6.24. The van der Waals surface area contributed by atoms with Gasteiger partial charge in [-0.1, -0.05) is 11.6 Å². The van der Waals surface area contributed by atoms with E-state index in [0.29, 0.717) is 18.6 Å². The fourth-order valence-electron chi connectivity index (χ4n) is 2.41. The van der Waals surface area contributed by atoms with Crippen LogP contribution in [0.25, 0.3) is 0 Å². The van der Waals surface area contributed by atoms with E-state index >= 15 is 0 Å². The molecule has 2 fully saturated rings. The number of anilines is 1. The highest BCUT2D eigenvalue weighted by Gasteiger charge is 2.24. The third-order valence-corrected chi connectivity index (χ3v) is 4.17. The van der Waals surface area contributed by atoms with Crippen LogP contribution in [-0.4, -0.2) is 31.6 Å². The summed E-state index contributed by atoms with van der Waals surface area (Å²) in [5.41, 5.74) is 2.22. The van der Waals surface area contributed by atoms with Crippen molar-refractivity contribution < 1.29 is 4.79 Å². The fourth-order valence-corrected chi connectivity index (χ4v) is 2.61. The molecule has 1 aromatic carbocycles. The second-order valence-electron chi connectivity index (χ2n) is 6.13. The number of amides is 1. The Morgan fingerprint density at radius 2 is 2.00 bits per heavy atom. The lowest BCUT2D eigenvalue weighted by molar-refractivity contribution is -0.119. The molecule has 0 radical (unpaired) electrons. The fraction of sp³-hybridized carbons (Fsp3) is 0.562. The molecule has 2 saturated carbocycles. The highest BCUT2D eigenvalue weighted by Crippen LogP contribution is 2.26. The first-order valence-electron chi connectivity index (χ1n) is 7.64. The van der Waals surface area contributed by atoms with Crippen molar-refractivity contribution in [3.8, 4) is 0 Å². The number of hydrogen-bond donors (Lipinski definition) is 2. The van der Waals surface area contributed by atoms with Crippen molar-refractivity contribution in [2.45, 2.75) is 44.3 Å². The van der Waals surface area contributed by atoms with Crippen molar-refractivity contribution in [1.29, 1.82) is 0 Å². The van der Waals surface area contributed by atoms with E-state index in [4.69, 9.17) is 11.6 Å². The van der Waals surface area contributed by atoms with Gasteiger partial charge in [0.05, 0.1) is 6.54 Å². The second-order valence-corrected chi connectivity index (χ2v) is 6.56. The summed E-state index contributed by atoms with van der Waals surface area (Å²) in [7, 11) is 1.95. The van der Waals surface area contributed by atoms with Gasteiger partial charge in [0.15, 0.2) is 0 Å². The Kier molecular flexibility index (Phi) is 4.36. The van der Waals surface area contributed by atoms with Crippen molar-refractivity contribution in [2.75, 3.05) is 18.5 Å². The predicted molar refractivity (Wildman–Crippen MR) is 85.7 cm³/mol. The summed E-state index contributed by atoms with van der Waals surface area (Å²) in [6.45, 7) is 1.18. The molecule has 0 atom stereocenters. The van der Waals surface area contributed by atoms with E-state index in [9.17, 15) is 4.79 Å². The minimum Gasteiger partial charge on any atom is -0.365 e. The van der Waals surface area contributed by atoms with Gasteiger partial charge in [0.25, 0.3) is 0 Å². The molecule has 114 valence electrons. The van der Waals surface area contributed by atoms with E-state index in [0.717, 1.165) is 35.7 Å². The molecule has 3 rings (SSSR count). The lowest BCUT2D eigenvalue weighted by Gasteiger charge is -2.22. The maximum Gasteiger partial charge on any atom is 0.239 e. The quantitative estimate of drug-likeness (QED) is 0.812. The normalized spacial score (nSPS) is 17.6. The molecule has 2 aliphatic carbocycles. The van der Waals surface area contributed by atoms with E-state index in [1.807, 2.05) is 30.1 Å². The molecule has 0 unspecified atom stereocenters. The van der Waals surface area contributed by atoms with E-state index in [2.05, 4.69) is 10.6 Å². The molecule has 1 amide bonds. The number of halogens is 1. The SMILES string of the molecule is CN(CC(=O)NC1CC1)c1ccc(Cl)cc1CNC1CC1. The van der Waals surface area contributed by atoms with Gasteiger partial charge in [-0.25, -0.2) is 0 Å². The summed E-state index contributed by atoms with van der Waals surface area (Å²) >= 11 is 6.11. The number of rotatable bonds is 7. The molecule has 2 aliphatic rings. The Balaban J connectivity index is 1.64. The first kappa shape index (κ1) is 14.7. The smallest absolute Gasteiger partial charge is 0.239 e.